The Bertz CT molecular complexity index is 841. The first-order chi connectivity index (χ1) is 14.7. The first-order valence-electron chi connectivity index (χ1n) is 10.6. The van der Waals surface area contributed by atoms with Crippen LogP contribution in [0.25, 0.3) is 0 Å². The Labute approximate surface area is 202 Å². The largest absolute Gasteiger partial charge is 0.493 e. The van der Waals surface area contributed by atoms with Crippen LogP contribution in [0.15, 0.2) is 41.5 Å². The maximum absolute atomic E-state index is 6.14. The number of hydrogen-bond donors (Lipinski definition) is 2. The lowest BCUT2D eigenvalue weighted by atomic mass is 10.2. The quantitative estimate of drug-likeness (QED) is 0.281. The fourth-order valence-electron chi connectivity index (χ4n) is 3.50. The molecule has 2 N–H and O–H groups in total. The SMILES string of the molecule is CCNC(=NCc1ccc(OC)c(OC)c1)NCc1cccnc1OC1CCCC1.I. The molecule has 1 saturated carbocycles. The van der Waals surface area contributed by atoms with Crippen LogP contribution in [0.5, 0.6) is 17.4 Å². The smallest absolute Gasteiger partial charge is 0.218 e. The molecule has 0 spiro atoms. The van der Waals surface area contributed by atoms with Crippen LogP contribution in [0.3, 0.4) is 0 Å². The van der Waals surface area contributed by atoms with Gasteiger partial charge in [-0.25, -0.2) is 9.98 Å². The Morgan fingerprint density at radius 3 is 2.58 bits per heavy atom. The molecule has 0 radical (unpaired) electrons. The number of hydrogen-bond acceptors (Lipinski definition) is 5. The number of nitrogens with zero attached hydrogens (tertiary/aromatic N) is 2. The van der Waals surface area contributed by atoms with E-state index in [0.29, 0.717) is 30.5 Å². The molecule has 0 atom stereocenters. The number of nitrogens with one attached hydrogen (secondary N) is 2. The van der Waals surface area contributed by atoms with Gasteiger partial charge in [0.1, 0.15) is 6.10 Å². The van der Waals surface area contributed by atoms with Crippen molar-refractivity contribution in [3.8, 4) is 17.4 Å². The van der Waals surface area contributed by atoms with E-state index in [0.717, 1.165) is 36.5 Å². The molecule has 0 unspecified atom stereocenters. The average Bonchev–Trinajstić information content (AvgIpc) is 3.29. The summed E-state index contributed by atoms with van der Waals surface area (Å²) in [6, 6.07) is 9.81. The highest BCUT2D eigenvalue weighted by atomic mass is 127. The van der Waals surface area contributed by atoms with Crippen LogP contribution < -0.4 is 24.8 Å². The van der Waals surface area contributed by atoms with Gasteiger partial charge in [0, 0.05) is 24.8 Å². The summed E-state index contributed by atoms with van der Waals surface area (Å²) in [5.74, 6) is 2.87. The van der Waals surface area contributed by atoms with E-state index < -0.39 is 0 Å². The topological polar surface area (TPSA) is 77.0 Å². The van der Waals surface area contributed by atoms with E-state index in [2.05, 4.69) is 15.6 Å². The molecule has 0 saturated heterocycles. The summed E-state index contributed by atoms with van der Waals surface area (Å²) in [6.07, 6.45) is 6.75. The lowest BCUT2D eigenvalue weighted by Gasteiger charge is -2.17. The minimum Gasteiger partial charge on any atom is -0.493 e. The van der Waals surface area contributed by atoms with Gasteiger partial charge in [0.25, 0.3) is 0 Å². The predicted octanol–water partition coefficient (Wildman–Crippen LogP) is 4.29. The van der Waals surface area contributed by atoms with Gasteiger partial charge >= 0.3 is 0 Å². The second kappa shape index (κ2) is 13.2. The van der Waals surface area contributed by atoms with Crippen molar-refractivity contribution in [2.75, 3.05) is 20.8 Å². The van der Waals surface area contributed by atoms with Gasteiger partial charge in [-0.2, -0.15) is 0 Å². The molecule has 1 heterocycles. The molecule has 7 nitrogen and oxygen atoms in total. The molecule has 1 aromatic carbocycles. The van der Waals surface area contributed by atoms with E-state index in [-0.39, 0.29) is 30.1 Å². The molecule has 1 aliphatic rings. The summed E-state index contributed by atoms with van der Waals surface area (Å²) in [7, 11) is 3.27. The fourth-order valence-corrected chi connectivity index (χ4v) is 3.50. The average molecular weight is 540 g/mol. The van der Waals surface area contributed by atoms with E-state index in [4.69, 9.17) is 19.2 Å². The number of aliphatic imine (C=N–C) groups is 1. The summed E-state index contributed by atoms with van der Waals surface area (Å²) >= 11 is 0. The van der Waals surface area contributed by atoms with Gasteiger partial charge in [-0.3, -0.25) is 0 Å². The van der Waals surface area contributed by atoms with Gasteiger partial charge in [-0.15, -0.1) is 24.0 Å². The first-order valence-corrected chi connectivity index (χ1v) is 10.6. The van der Waals surface area contributed by atoms with Crippen molar-refractivity contribution in [1.82, 2.24) is 15.6 Å². The van der Waals surface area contributed by atoms with Crippen molar-refractivity contribution in [2.24, 2.45) is 4.99 Å². The van der Waals surface area contributed by atoms with Gasteiger partial charge in [-0.05, 0) is 56.4 Å². The maximum atomic E-state index is 6.14. The van der Waals surface area contributed by atoms with Gasteiger partial charge in [0.2, 0.25) is 5.88 Å². The monoisotopic (exact) mass is 540 g/mol. The third-order valence-corrected chi connectivity index (χ3v) is 5.09. The summed E-state index contributed by atoms with van der Waals surface area (Å²) in [4.78, 5) is 9.15. The number of halogens is 1. The van der Waals surface area contributed by atoms with Gasteiger partial charge in [-0.1, -0.05) is 12.1 Å². The Morgan fingerprint density at radius 2 is 1.87 bits per heavy atom. The second-order valence-corrected chi connectivity index (χ2v) is 7.23. The molecule has 31 heavy (non-hydrogen) atoms. The number of ether oxygens (including phenoxy) is 3. The van der Waals surface area contributed by atoms with Crippen molar-refractivity contribution in [3.63, 3.8) is 0 Å². The van der Waals surface area contributed by atoms with Gasteiger partial charge < -0.3 is 24.8 Å². The lowest BCUT2D eigenvalue weighted by molar-refractivity contribution is 0.199. The highest BCUT2D eigenvalue weighted by Gasteiger charge is 2.18. The van der Waals surface area contributed by atoms with Crippen molar-refractivity contribution in [2.45, 2.75) is 51.8 Å². The van der Waals surface area contributed by atoms with E-state index in [9.17, 15) is 0 Å². The standard InChI is InChI=1S/C23H32N4O3.HI/c1-4-24-23(26-15-17-11-12-20(28-2)21(14-17)29-3)27-16-18-8-7-13-25-22(18)30-19-9-5-6-10-19;/h7-8,11-14,19H,4-6,9-10,15-16H2,1-3H3,(H2,24,26,27);1H. The molecule has 1 aliphatic carbocycles. The van der Waals surface area contributed by atoms with Crippen LogP contribution in [0.1, 0.15) is 43.7 Å². The van der Waals surface area contributed by atoms with Crippen LogP contribution in [0.4, 0.5) is 0 Å². The summed E-state index contributed by atoms with van der Waals surface area (Å²) in [6.45, 7) is 3.93. The number of pyridine rings is 1. The van der Waals surface area contributed by atoms with Crippen LogP contribution in [0.2, 0.25) is 0 Å². The normalized spacial score (nSPS) is 14.0. The van der Waals surface area contributed by atoms with E-state index >= 15 is 0 Å². The van der Waals surface area contributed by atoms with E-state index in [1.54, 1.807) is 20.4 Å². The Morgan fingerprint density at radius 1 is 1.10 bits per heavy atom. The molecule has 3 rings (SSSR count). The fraction of sp³-hybridized carbons (Fsp3) is 0.478. The van der Waals surface area contributed by atoms with Crippen molar-refractivity contribution < 1.29 is 14.2 Å². The first kappa shape index (κ1) is 25.0. The van der Waals surface area contributed by atoms with Crippen LogP contribution in [0, 0.1) is 0 Å². The Kier molecular flexibility index (Phi) is 10.7. The highest BCUT2D eigenvalue weighted by molar-refractivity contribution is 14.0. The summed E-state index contributed by atoms with van der Waals surface area (Å²) in [5.41, 5.74) is 2.07. The third-order valence-electron chi connectivity index (χ3n) is 5.09. The van der Waals surface area contributed by atoms with Crippen molar-refractivity contribution in [3.05, 3.63) is 47.7 Å². The number of guanidine groups is 1. The molecule has 1 aromatic heterocycles. The minimum absolute atomic E-state index is 0. The van der Waals surface area contributed by atoms with Crippen LogP contribution >= 0.6 is 24.0 Å². The minimum atomic E-state index is 0. The zero-order valence-corrected chi connectivity index (χ0v) is 20.8. The Hall–Kier alpha value is -2.23. The number of rotatable bonds is 9. The van der Waals surface area contributed by atoms with E-state index in [1.165, 1.54) is 12.8 Å². The molecule has 170 valence electrons. The summed E-state index contributed by atoms with van der Waals surface area (Å²) in [5, 5.41) is 6.68. The van der Waals surface area contributed by atoms with Crippen LogP contribution in [-0.4, -0.2) is 37.8 Å². The zero-order valence-electron chi connectivity index (χ0n) is 18.5. The molecular weight excluding hydrogens is 507 g/mol. The molecule has 1 fully saturated rings. The molecular formula is C23H33IN4O3. The molecule has 0 amide bonds. The van der Waals surface area contributed by atoms with E-state index in [1.807, 2.05) is 37.3 Å². The number of benzene rings is 1. The maximum Gasteiger partial charge on any atom is 0.218 e. The molecule has 0 bridgehead atoms. The summed E-state index contributed by atoms with van der Waals surface area (Å²) < 4.78 is 16.8. The van der Waals surface area contributed by atoms with Gasteiger partial charge in [0.05, 0.1) is 20.8 Å². The van der Waals surface area contributed by atoms with Crippen molar-refractivity contribution in [1.29, 1.82) is 0 Å². The van der Waals surface area contributed by atoms with Gasteiger partial charge in [0.15, 0.2) is 17.5 Å². The second-order valence-electron chi connectivity index (χ2n) is 7.23. The number of aromatic nitrogens is 1. The highest BCUT2D eigenvalue weighted by Crippen LogP contribution is 2.28. The van der Waals surface area contributed by atoms with Crippen LogP contribution in [-0.2, 0) is 13.1 Å². The lowest BCUT2D eigenvalue weighted by Crippen LogP contribution is -2.37. The Balaban J connectivity index is 0.00000341. The van der Waals surface area contributed by atoms with Crippen molar-refractivity contribution >= 4 is 29.9 Å². The molecule has 8 heteroatoms. The molecule has 2 aromatic rings. The zero-order chi connectivity index (χ0) is 21.2. The number of methoxy groups -OCH3 is 2. The molecule has 0 aliphatic heterocycles. The predicted molar refractivity (Wildman–Crippen MR) is 134 cm³/mol. The third kappa shape index (κ3) is 7.45.